The van der Waals surface area contributed by atoms with Crippen LogP contribution < -0.4 is 10.9 Å². The summed E-state index contributed by atoms with van der Waals surface area (Å²) in [5.74, 6) is -0.232. The maximum absolute atomic E-state index is 13.0. The number of aryl methyl sites for hydroxylation is 2. The van der Waals surface area contributed by atoms with Gasteiger partial charge in [0.2, 0.25) is 11.8 Å². The lowest BCUT2D eigenvalue weighted by atomic mass is 10.2. The Morgan fingerprint density at radius 3 is 2.62 bits per heavy atom. The molecule has 1 saturated heterocycles. The lowest BCUT2D eigenvalue weighted by Crippen LogP contribution is -2.38. The summed E-state index contributed by atoms with van der Waals surface area (Å²) in [4.78, 5) is 55.8. The molecule has 0 aliphatic carbocycles. The molecule has 1 fully saturated rings. The maximum Gasteiger partial charge on any atom is 0.288 e. The van der Waals surface area contributed by atoms with Crippen LogP contribution in [0.3, 0.4) is 0 Å². The van der Waals surface area contributed by atoms with E-state index in [-0.39, 0.29) is 53.2 Å². The van der Waals surface area contributed by atoms with E-state index in [9.17, 15) is 19.2 Å². The summed E-state index contributed by atoms with van der Waals surface area (Å²) in [6.45, 7) is 8.08. The van der Waals surface area contributed by atoms with E-state index in [1.807, 2.05) is 27.7 Å². The van der Waals surface area contributed by atoms with Crippen LogP contribution in [0.25, 0.3) is 10.2 Å². The summed E-state index contributed by atoms with van der Waals surface area (Å²) in [6.07, 6.45) is 0. The van der Waals surface area contributed by atoms with Crippen molar-refractivity contribution in [3.8, 4) is 0 Å². The number of fused-ring (bicyclic) bond motifs is 1. The van der Waals surface area contributed by atoms with Crippen LogP contribution in [0.4, 0.5) is 4.79 Å². The lowest BCUT2D eigenvalue weighted by molar-refractivity contribution is -0.125. The third kappa shape index (κ3) is 4.51. The highest BCUT2D eigenvalue weighted by atomic mass is 32.2. The Bertz CT molecular complexity index is 1030. The number of carbonyl (C=O) groups is 3. The Balaban J connectivity index is 1.67. The van der Waals surface area contributed by atoms with Crippen LogP contribution in [-0.2, 0) is 9.59 Å². The van der Waals surface area contributed by atoms with Gasteiger partial charge in [-0.25, -0.2) is 4.98 Å². The van der Waals surface area contributed by atoms with Crippen LogP contribution >= 0.6 is 34.9 Å². The van der Waals surface area contributed by atoms with Gasteiger partial charge in [-0.15, -0.1) is 11.3 Å². The molecule has 0 saturated carbocycles. The number of carbonyl (C=O) groups excluding carboxylic acids is 3. The Morgan fingerprint density at radius 2 is 2.00 bits per heavy atom. The van der Waals surface area contributed by atoms with E-state index in [1.54, 1.807) is 4.57 Å². The van der Waals surface area contributed by atoms with Gasteiger partial charge in [0, 0.05) is 24.0 Å². The fourth-order valence-corrected chi connectivity index (χ4v) is 5.71. The van der Waals surface area contributed by atoms with Crippen LogP contribution in [-0.4, -0.2) is 56.1 Å². The SMILES string of the molecule is Cc1sc2nc(SCC(=O)NCCN3C(=O)CSC3=O)n(C(C)C)c(=O)c2c1C. The van der Waals surface area contributed by atoms with Gasteiger partial charge in [-0.05, 0) is 33.3 Å². The van der Waals surface area contributed by atoms with E-state index >= 15 is 0 Å². The van der Waals surface area contributed by atoms with Gasteiger partial charge in [0.1, 0.15) is 4.83 Å². The minimum atomic E-state index is -0.279. The number of hydrogen-bond donors (Lipinski definition) is 1. The zero-order valence-corrected chi connectivity index (χ0v) is 19.1. The molecule has 0 spiro atoms. The normalized spacial score (nSPS) is 14.4. The Morgan fingerprint density at radius 1 is 1.28 bits per heavy atom. The molecule has 156 valence electrons. The second-order valence-corrected chi connectivity index (χ2v) is 9.94. The fraction of sp³-hybridized carbons (Fsp3) is 0.500. The first-order chi connectivity index (χ1) is 13.7. The Hall–Kier alpha value is -1.85. The first-order valence-electron chi connectivity index (χ1n) is 9.09. The minimum Gasteiger partial charge on any atom is -0.354 e. The zero-order valence-electron chi connectivity index (χ0n) is 16.6. The molecule has 0 bridgehead atoms. The number of aromatic nitrogens is 2. The Kier molecular flexibility index (Phi) is 6.69. The number of rotatable bonds is 7. The summed E-state index contributed by atoms with van der Waals surface area (Å²) in [7, 11) is 0. The third-order valence-corrected chi connectivity index (χ3v) is 7.46. The molecule has 2 aromatic rings. The van der Waals surface area contributed by atoms with Crippen molar-refractivity contribution in [3.63, 3.8) is 0 Å². The van der Waals surface area contributed by atoms with Crippen LogP contribution in [0.1, 0.15) is 30.3 Å². The average Bonchev–Trinajstić information content (AvgIpc) is 3.12. The van der Waals surface area contributed by atoms with Gasteiger partial charge in [-0.3, -0.25) is 28.6 Å². The van der Waals surface area contributed by atoms with Gasteiger partial charge < -0.3 is 5.32 Å². The van der Waals surface area contributed by atoms with E-state index in [1.165, 1.54) is 23.1 Å². The van der Waals surface area contributed by atoms with Gasteiger partial charge in [0.25, 0.3) is 10.8 Å². The summed E-state index contributed by atoms with van der Waals surface area (Å²) in [6, 6.07) is -0.0886. The fourth-order valence-electron chi connectivity index (χ4n) is 2.93. The molecule has 2 aromatic heterocycles. The quantitative estimate of drug-likeness (QED) is 0.507. The van der Waals surface area contributed by atoms with Gasteiger partial charge in [0.15, 0.2) is 5.16 Å². The number of thioether (sulfide) groups is 2. The van der Waals surface area contributed by atoms with E-state index in [2.05, 4.69) is 10.3 Å². The van der Waals surface area contributed by atoms with Crippen LogP contribution in [0.15, 0.2) is 9.95 Å². The van der Waals surface area contributed by atoms with Crippen molar-refractivity contribution in [2.24, 2.45) is 0 Å². The van der Waals surface area contributed by atoms with Gasteiger partial charge >= 0.3 is 0 Å². The highest BCUT2D eigenvalue weighted by molar-refractivity contribution is 8.14. The van der Waals surface area contributed by atoms with Crippen molar-refractivity contribution < 1.29 is 14.4 Å². The first-order valence-corrected chi connectivity index (χ1v) is 11.9. The highest BCUT2D eigenvalue weighted by Gasteiger charge is 2.29. The molecule has 1 N–H and O–H groups in total. The molecule has 0 atom stereocenters. The van der Waals surface area contributed by atoms with E-state index in [0.29, 0.717) is 15.4 Å². The van der Waals surface area contributed by atoms with Crippen molar-refractivity contribution in [3.05, 3.63) is 20.8 Å². The third-order valence-electron chi connectivity index (χ3n) is 4.55. The second kappa shape index (κ2) is 8.88. The van der Waals surface area contributed by atoms with Crippen LogP contribution in [0.2, 0.25) is 0 Å². The van der Waals surface area contributed by atoms with E-state index in [0.717, 1.165) is 27.1 Å². The minimum absolute atomic E-state index is 0.0849. The van der Waals surface area contributed by atoms with Crippen molar-refractivity contribution >= 4 is 62.1 Å². The molecule has 3 heterocycles. The predicted molar refractivity (Wildman–Crippen MR) is 117 cm³/mol. The van der Waals surface area contributed by atoms with Crippen LogP contribution in [0.5, 0.6) is 0 Å². The van der Waals surface area contributed by atoms with E-state index < -0.39 is 0 Å². The summed E-state index contributed by atoms with van der Waals surface area (Å²) >= 11 is 3.66. The zero-order chi connectivity index (χ0) is 21.3. The summed E-state index contributed by atoms with van der Waals surface area (Å²) in [5.41, 5.74) is 0.869. The molecule has 3 amide bonds. The molecule has 3 rings (SSSR count). The molecular formula is C18H22N4O4S3. The number of hydrogen-bond acceptors (Lipinski definition) is 8. The lowest BCUT2D eigenvalue weighted by Gasteiger charge is -2.16. The largest absolute Gasteiger partial charge is 0.354 e. The van der Waals surface area contributed by atoms with Crippen molar-refractivity contribution in [2.45, 2.75) is 38.9 Å². The van der Waals surface area contributed by atoms with Crippen molar-refractivity contribution in [1.82, 2.24) is 19.8 Å². The summed E-state index contributed by atoms with van der Waals surface area (Å²) < 4.78 is 1.62. The number of thiophene rings is 1. The van der Waals surface area contributed by atoms with Gasteiger partial charge in [-0.1, -0.05) is 23.5 Å². The molecule has 0 radical (unpaired) electrons. The maximum atomic E-state index is 13.0. The number of nitrogens with one attached hydrogen (secondary N) is 1. The summed E-state index contributed by atoms with van der Waals surface area (Å²) in [5, 5.41) is 3.58. The van der Waals surface area contributed by atoms with Gasteiger partial charge in [-0.2, -0.15) is 0 Å². The van der Waals surface area contributed by atoms with Crippen molar-refractivity contribution in [1.29, 1.82) is 0 Å². The molecule has 29 heavy (non-hydrogen) atoms. The van der Waals surface area contributed by atoms with E-state index in [4.69, 9.17) is 0 Å². The molecule has 0 aromatic carbocycles. The van der Waals surface area contributed by atoms with Gasteiger partial charge in [0.05, 0.1) is 16.9 Å². The Labute approximate surface area is 180 Å². The molecule has 8 nitrogen and oxygen atoms in total. The highest BCUT2D eigenvalue weighted by Crippen LogP contribution is 2.29. The van der Waals surface area contributed by atoms with Crippen LogP contribution in [0, 0.1) is 13.8 Å². The topological polar surface area (TPSA) is 101 Å². The molecule has 11 heteroatoms. The standard InChI is InChI=1S/C18H22N4O4S3/c1-9(2)22-16(25)14-10(3)11(4)29-15(14)20-17(22)27-7-12(23)19-5-6-21-13(24)8-28-18(21)26/h9H,5-8H2,1-4H3,(H,19,23). The average molecular weight is 455 g/mol. The number of amides is 3. The molecule has 1 aliphatic heterocycles. The van der Waals surface area contributed by atoms with Crippen molar-refractivity contribution in [2.75, 3.05) is 24.6 Å². The first kappa shape index (κ1) is 21.8. The monoisotopic (exact) mass is 454 g/mol. The molecule has 0 unspecified atom stereocenters. The molecular weight excluding hydrogens is 432 g/mol. The number of nitrogens with zero attached hydrogens (tertiary/aromatic N) is 3. The number of imide groups is 1. The smallest absolute Gasteiger partial charge is 0.288 e. The molecule has 1 aliphatic rings. The predicted octanol–water partition coefficient (Wildman–Crippen LogP) is 2.56. The second-order valence-electron chi connectivity index (χ2n) is 6.87.